The fraction of sp³-hybridized carbons (Fsp3) is 0.750. The summed E-state index contributed by atoms with van der Waals surface area (Å²) >= 11 is 6.10. The molecule has 9 atom stereocenters. The van der Waals surface area contributed by atoms with E-state index in [1.54, 1.807) is 13.8 Å². The van der Waals surface area contributed by atoms with E-state index >= 15 is 0 Å². The quantitative estimate of drug-likeness (QED) is 0.205. The van der Waals surface area contributed by atoms with Crippen LogP contribution in [-0.4, -0.2) is 46.7 Å². The number of Topliss-reactive ketones (excluding diaryl/α,β-unsaturated/α-hetero) is 1. The third-order valence-electron chi connectivity index (χ3n) is 16.1. The largest absolute Gasteiger partial charge is 0.481 e. The number of aliphatic carboxylic acids is 1. The van der Waals surface area contributed by atoms with Crippen LogP contribution in [0.1, 0.15) is 132 Å². The maximum atomic E-state index is 14.0. The van der Waals surface area contributed by atoms with Gasteiger partial charge in [-0.3, -0.25) is 14.4 Å². The molecule has 0 radical (unpaired) electrons. The van der Waals surface area contributed by atoms with Crippen molar-refractivity contribution in [3.05, 3.63) is 46.0 Å². The zero-order valence-corrected chi connectivity index (χ0v) is 33.9. The molecule has 0 bridgehead atoms. The number of rotatable bonds is 10. The zero-order valence-electron chi connectivity index (χ0n) is 33.2. The fourth-order valence-corrected chi connectivity index (χ4v) is 13.2. The number of hydrogen-bond donors (Lipinski definition) is 3. The molecule has 4 saturated carbocycles. The Balaban J connectivity index is 1.26. The van der Waals surface area contributed by atoms with Gasteiger partial charge in [0.2, 0.25) is 0 Å². The number of benzene rings is 1. The van der Waals surface area contributed by atoms with Crippen molar-refractivity contribution in [2.45, 2.75) is 145 Å². The van der Waals surface area contributed by atoms with Crippen molar-refractivity contribution >= 4 is 29.3 Å². The van der Waals surface area contributed by atoms with Gasteiger partial charge in [0.05, 0.1) is 17.9 Å². The summed E-state index contributed by atoms with van der Waals surface area (Å²) in [5.74, 6) is 0.0352. The summed E-state index contributed by atoms with van der Waals surface area (Å²) < 4.78 is 6.16. The summed E-state index contributed by atoms with van der Waals surface area (Å²) in [6, 6.07) is 7.79. The van der Waals surface area contributed by atoms with E-state index in [4.69, 9.17) is 16.3 Å². The average molecular weight is 738 g/mol. The number of fused-ring (bicyclic) bond motifs is 7. The molecule has 1 aromatic carbocycles. The maximum Gasteiger partial charge on any atom is 0.309 e. The van der Waals surface area contributed by atoms with Crippen molar-refractivity contribution in [1.29, 1.82) is 0 Å². The van der Waals surface area contributed by atoms with Crippen LogP contribution in [0.5, 0.6) is 0 Å². The second-order valence-electron chi connectivity index (χ2n) is 19.8. The van der Waals surface area contributed by atoms with Crippen molar-refractivity contribution in [2.24, 2.45) is 56.2 Å². The second kappa shape index (κ2) is 13.5. The average Bonchev–Trinajstić information content (AvgIpc) is 3.36. The van der Waals surface area contributed by atoms with Crippen LogP contribution in [0.15, 0.2) is 35.4 Å². The molecule has 1 unspecified atom stereocenters. The Hall–Kier alpha value is -2.22. The van der Waals surface area contributed by atoms with E-state index in [0.29, 0.717) is 36.4 Å². The summed E-state index contributed by atoms with van der Waals surface area (Å²) in [6.07, 6.45) is 7.17. The standard InChI is InChI=1S/C44H64ClNO6/c1-26(2)36-30(47)22-44(33(48)25-46-24-27-10-12-28(45)13-11-27)21-20-42(8)29(37(36)44)14-15-32-41(7)18-17-34(52-35(49)23-39(3,4)38(50)51)40(5,6)31(41)16-19-43(32,42)9/h10-13,26,29,31-34,46,48H,14-25H2,1-9H3,(H,50,51)/t29-,31+,32-,33+,34+,41+,42-,43-,44?/m1/s1. The van der Waals surface area contributed by atoms with E-state index in [-0.39, 0.29) is 51.8 Å². The minimum Gasteiger partial charge on any atom is -0.481 e. The predicted molar refractivity (Wildman–Crippen MR) is 205 cm³/mol. The highest BCUT2D eigenvalue weighted by molar-refractivity contribution is 6.30. The first-order valence-electron chi connectivity index (χ1n) is 20.0. The van der Waals surface area contributed by atoms with Crippen molar-refractivity contribution in [3.63, 3.8) is 0 Å². The van der Waals surface area contributed by atoms with Crippen LogP contribution in [0, 0.1) is 56.2 Å². The van der Waals surface area contributed by atoms with Crippen molar-refractivity contribution in [1.82, 2.24) is 5.32 Å². The second-order valence-corrected chi connectivity index (χ2v) is 20.3. The monoisotopic (exact) mass is 737 g/mol. The number of allylic oxidation sites excluding steroid dienone is 1. The first kappa shape index (κ1) is 39.5. The smallest absolute Gasteiger partial charge is 0.309 e. The lowest BCUT2D eigenvalue weighted by Gasteiger charge is -2.72. The van der Waals surface area contributed by atoms with Gasteiger partial charge >= 0.3 is 11.9 Å². The highest BCUT2D eigenvalue weighted by Gasteiger charge is 2.70. The first-order valence-corrected chi connectivity index (χ1v) is 20.4. The lowest BCUT2D eigenvalue weighted by atomic mass is 9.33. The summed E-state index contributed by atoms with van der Waals surface area (Å²) in [4.78, 5) is 38.8. The molecule has 5 aliphatic carbocycles. The van der Waals surface area contributed by atoms with Crippen molar-refractivity contribution in [2.75, 3.05) is 6.54 Å². The number of carbonyl (C=O) groups is 3. The fourth-order valence-electron chi connectivity index (χ4n) is 13.1. The van der Waals surface area contributed by atoms with Crippen molar-refractivity contribution in [3.8, 4) is 0 Å². The van der Waals surface area contributed by atoms with Gasteiger partial charge in [0.25, 0.3) is 0 Å². The number of carboxylic acid groups (broad SMARTS) is 1. The molecule has 3 N–H and O–H groups in total. The van der Waals surface area contributed by atoms with Crippen LogP contribution in [0.25, 0.3) is 0 Å². The van der Waals surface area contributed by atoms with E-state index in [1.165, 1.54) is 5.57 Å². The third-order valence-corrected chi connectivity index (χ3v) is 16.3. The Kier molecular flexibility index (Phi) is 10.3. The molecule has 288 valence electrons. The summed E-state index contributed by atoms with van der Waals surface area (Å²) in [7, 11) is 0. The predicted octanol–water partition coefficient (Wildman–Crippen LogP) is 9.18. The number of esters is 1. The molecular formula is C44H64ClNO6. The van der Waals surface area contributed by atoms with Gasteiger partial charge < -0.3 is 20.3 Å². The Morgan fingerprint density at radius 3 is 2.25 bits per heavy atom. The molecule has 6 rings (SSSR count). The first-order chi connectivity index (χ1) is 24.1. The van der Waals surface area contributed by atoms with Crippen molar-refractivity contribution < 1.29 is 29.3 Å². The minimum absolute atomic E-state index is 0.0141. The van der Waals surface area contributed by atoms with E-state index in [9.17, 15) is 24.6 Å². The molecule has 4 fully saturated rings. The summed E-state index contributed by atoms with van der Waals surface area (Å²) in [5, 5.41) is 26.0. The molecule has 0 saturated heterocycles. The zero-order chi connectivity index (χ0) is 38.2. The van der Waals surface area contributed by atoms with Crippen LogP contribution in [0.4, 0.5) is 0 Å². The normalized spacial score (nSPS) is 37.5. The number of aliphatic hydroxyl groups excluding tert-OH is 1. The lowest BCUT2D eigenvalue weighted by Crippen LogP contribution is -2.66. The molecule has 0 aliphatic heterocycles. The topological polar surface area (TPSA) is 113 Å². The molecule has 5 aliphatic rings. The van der Waals surface area contributed by atoms with E-state index in [0.717, 1.165) is 62.5 Å². The summed E-state index contributed by atoms with van der Waals surface area (Å²) in [6.45, 7) is 20.7. The number of halogens is 1. The molecular weight excluding hydrogens is 674 g/mol. The van der Waals surface area contributed by atoms with Crippen LogP contribution in [-0.2, 0) is 25.7 Å². The molecule has 8 heteroatoms. The van der Waals surface area contributed by atoms with Gasteiger partial charge in [-0.1, -0.05) is 77.8 Å². The SMILES string of the molecule is CC(C)C1=C2[C@H]3CC[C@@H]4[C@@]5(C)CC[C@H](OC(=O)CC(C)(C)C(=O)O)C(C)(C)[C@@H]5CC[C@@]4(C)[C@]3(C)CCC2([C@@H](O)CNCc2ccc(Cl)cc2)CC1=O. The Bertz CT molecular complexity index is 1610. The highest BCUT2D eigenvalue weighted by Crippen LogP contribution is 2.77. The van der Waals surface area contributed by atoms with E-state index < -0.39 is 28.9 Å². The van der Waals surface area contributed by atoms with E-state index in [1.807, 2.05) is 24.3 Å². The van der Waals surface area contributed by atoms with Gasteiger partial charge in [0.1, 0.15) is 6.10 Å². The van der Waals surface area contributed by atoms with Crippen LogP contribution in [0.3, 0.4) is 0 Å². The van der Waals surface area contributed by atoms with Gasteiger partial charge in [0, 0.05) is 35.4 Å². The van der Waals surface area contributed by atoms with Crippen LogP contribution < -0.4 is 5.32 Å². The Labute approximate surface area is 317 Å². The molecule has 0 aromatic heterocycles. The highest BCUT2D eigenvalue weighted by atomic mass is 35.5. The van der Waals surface area contributed by atoms with Gasteiger partial charge in [-0.15, -0.1) is 0 Å². The minimum atomic E-state index is -1.17. The number of aliphatic hydroxyl groups is 1. The number of ketones is 1. The van der Waals surface area contributed by atoms with Gasteiger partial charge in [-0.25, -0.2) is 0 Å². The number of ether oxygens (including phenoxy) is 1. The Morgan fingerprint density at radius 1 is 0.942 bits per heavy atom. The maximum absolute atomic E-state index is 14.0. The van der Waals surface area contributed by atoms with Crippen LogP contribution in [0.2, 0.25) is 5.02 Å². The lowest BCUT2D eigenvalue weighted by molar-refractivity contribution is -0.235. The number of carbonyl (C=O) groups excluding carboxylic acids is 2. The molecule has 0 amide bonds. The Morgan fingerprint density at radius 2 is 1.62 bits per heavy atom. The van der Waals surface area contributed by atoms with Gasteiger partial charge in [-0.2, -0.15) is 0 Å². The van der Waals surface area contributed by atoms with E-state index in [2.05, 4.69) is 53.8 Å². The number of carboxylic acids is 1. The molecule has 0 spiro atoms. The summed E-state index contributed by atoms with van der Waals surface area (Å²) in [5.41, 5.74) is 1.55. The molecule has 7 nitrogen and oxygen atoms in total. The van der Waals surface area contributed by atoms with Gasteiger partial charge in [0.15, 0.2) is 5.78 Å². The van der Waals surface area contributed by atoms with Gasteiger partial charge in [-0.05, 0) is 128 Å². The van der Waals surface area contributed by atoms with Crippen LogP contribution >= 0.6 is 11.6 Å². The number of hydrogen-bond acceptors (Lipinski definition) is 6. The third kappa shape index (κ3) is 6.11. The molecule has 52 heavy (non-hydrogen) atoms. The molecule has 1 aromatic rings. The number of nitrogens with one attached hydrogen (secondary N) is 1. The molecule has 0 heterocycles.